The summed E-state index contributed by atoms with van der Waals surface area (Å²) in [5.41, 5.74) is 2.82. The van der Waals surface area contributed by atoms with Crippen LogP contribution >= 0.6 is 11.8 Å². The first kappa shape index (κ1) is 12.0. The molecule has 1 saturated heterocycles. The van der Waals surface area contributed by atoms with Crippen LogP contribution < -0.4 is 0 Å². The van der Waals surface area contributed by atoms with Crippen LogP contribution in [0, 0.1) is 0 Å². The van der Waals surface area contributed by atoms with E-state index in [2.05, 4.69) is 35.4 Å². The Hall–Kier alpha value is -0.510. The molecule has 0 bridgehead atoms. The lowest BCUT2D eigenvalue weighted by Gasteiger charge is -2.26. The number of nitrogens with zero attached hydrogens (tertiary/aromatic N) is 1. The summed E-state index contributed by atoms with van der Waals surface area (Å²) >= 11 is 1.87. The molecule has 1 heterocycles. The molecule has 0 spiro atoms. The average molecular weight is 237 g/mol. The van der Waals surface area contributed by atoms with Gasteiger partial charge in [0.2, 0.25) is 0 Å². The SMILES string of the molecule is CSCc1ccc(CN2CCOCC2)cc1. The molecule has 1 aliphatic heterocycles. The predicted octanol–water partition coefficient (Wildman–Crippen LogP) is 2.38. The molecular weight excluding hydrogens is 218 g/mol. The maximum absolute atomic E-state index is 5.34. The van der Waals surface area contributed by atoms with E-state index >= 15 is 0 Å². The van der Waals surface area contributed by atoms with Gasteiger partial charge in [-0.15, -0.1) is 0 Å². The van der Waals surface area contributed by atoms with Crippen LogP contribution in [0.15, 0.2) is 24.3 Å². The fourth-order valence-corrected chi connectivity index (χ4v) is 2.45. The number of hydrogen-bond donors (Lipinski definition) is 0. The lowest BCUT2D eigenvalue weighted by molar-refractivity contribution is 0.0342. The van der Waals surface area contributed by atoms with Gasteiger partial charge in [0.15, 0.2) is 0 Å². The Morgan fingerprint density at radius 2 is 1.75 bits per heavy atom. The van der Waals surface area contributed by atoms with Crippen molar-refractivity contribution in [1.82, 2.24) is 4.90 Å². The highest BCUT2D eigenvalue weighted by molar-refractivity contribution is 7.97. The molecule has 1 aromatic carbocycles. The zero-order chi connectivity index (χ0) is 11.2. The molecule has 0 N–H and O–H groups in total. The standard InChI is InChI=1S/C13H19NOS/c1-16-11-13-4-2-12(3-5-13)10-14-6-8-15-9-7-14/h2-5H,6-11H2,1H3. The molecule has 0 amide bonds. The molecule has 0 unspecified atom stereocenters. The van der Waals surface area contributed by atoms with Crippen molar-refractivity contribution in [3.05, 3.63) is 35.4 Å². The monoisotopic (exact) mass is 237 g/mol. The summed E-state index contributed by atoms with van der Waals surface area (Å²) in [4.78, 5) is 2.45. The van der Waals surface area contributed by atoms with Gasteiger partial charge in [-0.1, -0.05) is 24.3 Å². The molecule has 0 saturated carbocycles. The van der Waals surface area contributed by atoms with Crippen LogP contribution in [0.2, 0.25) is 0 Å². The maximum Gasteiger partial charge on any atom is 0.0594 e. The van der Waals surface area contributed by atoms with Crippen LogP contribution in [0.5, 0.6) is 0 Å². The lowest BCUT2D eigenvalue weighted by atomic mass is 10.1. The quantitative estimate of drug-likeness (QED) is 0.798. The second kappa shape index (κ2) is 6.28. The van der Waals surface area contributed by atoms with Gasteiger partial charge >= 0.3 is 0 Å². The van der Waals surface area contributed by atoms with Gasteiger partial charge in [0, 0.05) is 25.4 Å². The Labute approximate surface area is 102 Å². The second-order valence-corrected chi connectivity index (χ2v) is 5.00. The Balaban J connectivity index is 1.88. The van der Waals surface area contributed by atoms with Crippen molar-refractivity contribution in [2.75, 3.05) is 32.6 Å². The van der Waals surface area contributed by atoms with Gasteiger partial charge < -0.3 is 4.74 Å². The number of thioether (sulfide) groups is 1. The van der Waals surface area contributed by atoms with E-state index in [0.717, 1.165) is 38.6 Å². The average Bonchev–Trinajstić information content (AvgIpc) is 2.33. The van der Waals surface area contributed by atoms with Crippen LogP contribution in [0.4, 0.5) is 0 Å². The van der Waals surface area contributed by atoms with E-state index in [4.69, 9.17) is 4.74 Å². The van der Waals surface area contributed by atoms with Crippen molar-refractivity contribution in [2.45, 2.75) is 12.3 Å². The third kappa shape index (κ3) is 3.51. The normalized spacial score (nSPS) is 17.6. The fourth-order valence-electron chi connectivity index (χ4n) is 1.93. The van der Waals surface area contributed by atoms with E-state index in [0.29, 0.717) is 0 Å². The third-order valence-electron chi connectivity index (χ3n) is 2.84. The van der Waals surface area contributed by atoms with E-state index in [-0.39, 0.29) is 0 Å². The van der Waals surface area contributed by atoms with Crippen molar-refractivity contribution < 1.29 is 4.74 Å². The zero-order valence-electron chi connectivity index (χ0n) is 9.82. The third-order valence-corrected chi connectivity index (χ3v) is 3.47. The minimum atomic E-state index is 0.880. The Kier molecular flexibility index (Phi) is 4.69. The molecule has 1 aliphatic rings. The molecule has 0 aliphatic carbocycles. The Bertz CT molecular complexity index is 306. The van der Waals surface area contributed by atoms with Crippen LogP contribution in [0.3, 0.4) is 0 Å². The first-order chi connectivity index (χ1) is 7.88. The molecule has 0 aromatic heterocycles. The summed E-state index contributed by atoms with van der Waals surface area (Å²) in [5.74, 6) is 1.11. The molecule has 3 heteroatoms. The second-order valence-electron chi connectivity index (χ2n) is 4.14. The van der Waals surface area contributed by atoms with Crippen molar-refractivity contribution in [2.24, 2.45) is 0 Å². The van der Waals surface area contributed by atoms with E-state index in [1.807, 2.05) is 11.8 Å². The smallest absolute Gasteiger partial charge is 0.0594 e. The number of morpholine rings is 1. The molecule has 1 fully saturated rings. The summed E-state index contributed by atoms with van der Waals surface area (Å²) < 4.78 is 5.34. The van der Waals surface area contributed by atoms with Crippen LogP contribution in [0.1, 0.15) is 11.1 Å². The number of hydrogen-bond acceptors (Lipinski definition) is 3. The molecule has 88 valence electrons. The number of benzene rings is 1. The largest absolute Gasteiger partial charge is 0.379 e. The highest BCUT2D eigenvalue weighted by Crippen LogP contribution is 2.12. The summed E-state index contributed by atoms with van der Waals surface area (Å²) in [6.45, 7) is 4.94. The topological polar surface area (TPSA) is 12.5 Å². The number of rotatable bonds is 4. The van der Waals surface area contributed by atoms with Gasteiger partial charge in [0.25, 0.3) is 0 Å². The first-order valence-corrected chi connectivity index (χ1v) is 7.15. The van der Waals surface area contributed by atoms with E-state index < -0.39 is 0 Å². The number of ether oxygens (including phenoxy) is 1. The maximum atomic E-state index is 5.34. The molecule has 2 rings (SSSR count). The fraction of sp³-hybridized carbons (Fsp3) is 0.538. The molecular formula is C13H19NOS. The molecule has 2 nitrogen and oxygen atoms in total. The van der Waals surface area contributed by atoms with Gasteiger partial charge in [-0.2, -0.15) is 11.8 Å². The van der Waals surface area contributed by atoms with Crippen molar-refractivity contribution in [3.63, 3.8) is 0 Å². The Morgan fingerprint density at radius 3 is 2.38 bits per heavy atom. The molecule has 0 radical (unpaired) electrons. The minimum Gasteiger partial charge on any atom is -0.379 e. The highest BCUT2D eigenvalue weighted by atomic mass is 32.2. The van der Waals surface area contributed by atoms with Crippen molar-refractivity contribution in [3.8, 4) is 0 Å². The first-order valence-electron chi connectivity index (χ1n) is 5.75. The summed E-state index contributed by atoms with van der Waals surface area (Å²) in [6.07, 6.45) is 2.14. The van der Waals surface area contributed by atoms with Gasteiger partial charge in [-0.25, -0.2) is 0 Å². The summed E-state index contributed by atoms with van der Waals surface area (Å²) in [6, 6.07) is 8.99. The van der Waals surface area contributed by atoms with Gasteiger partial charge in [-0.05, 0) is 17.4 Å². The van der Waals surface area contributed by atoms with Crippen LogP contribution in [0.25, 0.3) is 0 Å². The molecule has 1 aromatic rings. The summed E-state index contributed by atoms with van der Waals surface area (Å²) in [7, 11) is 0. The lowest BCUT2D eigenvalue weighted by Crippen LogP contribution is -2.35. The summed E-state index contributed by atoms with van der Waals surface area (Å²) in [5, 5.41) is 0. The minimum absolute atomic E-state index is 0.880. The zero-order valence-corrected chi connectivity index (χ0v) is 10.6. The highest BCUT2D eigenvalue weighted by Gasteiger charge is 2.10. The van der Waals surface area contributed by atoms with Crippen molar-refractivity contribution in [1.29, 1.82) is 0 Å². The molecule has 0 atom stereocenters. The van der Waals surface area contributed by atoms with E-state index in [9.17, 15) is 0 Å². The van der Waals surface area contributed by atoms with Gasteiger partial charge in [0.05, 0.1) is 13.2 Å². The Morgan fingerprint density at radius 1 is 1.12 bits per heavy atom. The van der Waals surface area contributed by atoms with Crippen LogP contribution in [-0.4, -0.2) is 37.5 Å². The molecule has 16 heavy (non-hydrogen) atoms. The predicted molar refractivity (Wildman–Crippen MR) is 69.8 cm³/mol. The van der Waals surface area contributed by atoms with Crippen LogP contribution in [-0.2, 0) is 17.0 Å². The van der Waals surface area contributed by atoms with Gasteiger partial charge in [0.1, 0.15) is 0 Å². The van der Waals surface area contributed by atoms with E-state index in [1.54, 1.807) is 0 Å². The van der Waals surface area contributed by atoms with Crippen molar-refractivity contribution >= 4 is 11.8 Å². The van der Waals surface area contributed by atoms with Gasteiger partial charge in [-0.3, -0.25) is 4.90 Å². The van der Waals surface area contributed by atoms with E-state index in [1.165, 1.54) is 11.1 Å².